The molecule has 0 fully saturated rings. The summed E-state index contributed by atoms with van der Waals surface area (Å²) in [5.41, 5.74) is 11.2. The standard InChI is InChI=1S/2C7H17N.C7H16.18C6H14/c2*1-7(2,3)6-8(4)5;1-5-6-7(2,3)4;18*1-5-6(2,3)4/h2*6H2,1-5H3;5-6H2,1-4H3;18*5H2,1-4H3. The lowest BCUT2D eigenvalue weighted by atomic mass is 9.91. The molecule has 0 radical (unpaired) electrons. The zero-order valence-corrected chi connectivity index (χ0v) is 113. The van der Waals surface area contributed by atoms with Crippen molar-refractivity contribution in [3.8, 4) is 0 Å². The molecule has 0 atom stereocenters. The molecule has 0 aromatic heterocycles. The first-order chi connectivity index (χ1) is 56.0. The van der Waals surface area contributed by atoms with Gasteiger partial charge in [-0.1, -0.05) is 690 Å². The number of hydrogen-bond acceptors (Lipinski definition) is 2. The molecule has 0 heterocycles. The van der Waals surface area contributed by atoms with Crippen molar-refractivity contribution in [1.82, 2.24) is 9.80 Å². The average Bonchev–Trinajstić information content (AvgIpc) is 0.969. The third-order valence-corrected chi connectivity index (χ3v) is 21.7. The van der Waals surface area contributed by atoms with Gasteiger partial charge in [-0.2, -0.15) is 0 Å². The maximum atomic E-state index is 2.27. The second kappa shape index (κ2) is 91.1. The monoisotopic (exact) mass is 1880 g/mol. The van der Waals surface area contributed by atoms with Crippen LogP contribution in [0.15, 0.2) is 0 Å². The quantitative estimate of drug-likeness (QED) is 0.278. The minimum atomic E-state index is 0.448. The lowest BCUT2D eigenvalue weighted by molar-refractivity contribution is 0.263. The molecule has 0 aliphatic rings. The Morgan fingerprint density at radius 2 is 0.153 bits per heavy atom. The van der Waals surface area contributed by atoms with Crippen molar-refractivity contribution in [3.63, 3.8) is 0 Å². The Morgan fingerprint density at radius 1 is 0.0992 bits per heavy atom. The van der Waals surface area contributed by atoms with E-state index in [0.29, 0.717) is 114 Å². The molecule has 0 aliphatic heterocycles. The molecule has 0 rings (SSSR count). The molecule has 0 bridgehead atoms. The molecule has 828 valence electrons. The second-order valence-electron chi connectivity index (χ2n) is 63.4. The largest absolute Gasteiger partial charge is 0.309 e. The molecule has 0 aromatic carbocycles. The van der Waals surface area contributed by atoms with E-state index in [9.17, 15) is 0 Å². The molecule has 2 heteroatoms. The molecule has 0 saturated carbocycles. The minimum absolute atomic E-state index is 0.448. The van der Waals surface area contributed by atoms with E-state index in [2.05, 4.69) is 606 Å². The first-order valence-corrected chi connectivity index (χ1v) is 55.3. The Balaban J connectivity index is -0.0000000511. The van der Waals surface area contributed by atoms with E-state index in [1.54, 1.807) is 0 Å². The summed E-state index contributed by atoms with van der Waals surface area (Å²) >= 11 is 0. The predicted octanol–water partition coefficient (Wildman–Crippen LogP) is 50.0. The van der Waals surface area contributed by atoms with Crippen molar-refractivity contribution < 1.29 is 0 Å². The summed E-state index contributed by atoms with van der Waals surface area (Å²) in [5, 5.41) is 0. The third-order valence-electron chi connectivity index (χ3n) is 21.7. The van der Waals surface area contributed by atoms with Gasteiger partial charge in [0.1, 0.15) is 0 Å². The summed E-state index contributed by atoms with van der Waals surface area (Å²) in [6.07, 6.45) is 25.5. The van der Waals surface area contributed by atoms with Gasteiger partial charge in [-0.05, 0) is 148 Å². The van der Waals surface area contributed by atoms with Crippen molar-refractivity contribution in [2.75, 3.05) is 41.3 Å². The molecular formula is C129H302N2. The van der Waals surface area contributed by atoms with E-state index < -0.39 is 0 Å². The zero-order chi connectivity index (χ0) is 113. The Kier molecular flexibility index (Phi) is 127. The van der Waals surface area contributed by atoms with Crippen LogP contribution in [0, 0.1) is 114 Å². The van der Waals surface area contributed by atoms with Crippen LogP contribution in [0.5, 0.6) is 0 Å². The van der Waals surface area contributed by atoms with Crippen LogP contribution in [-0.4, -0.2) is 51.1 Å². The summed E-state index contributed by atoms with van der Waals surface area (Å²) < 4.78 is 0. The summed E-state index contributed by atoms with van der Waals surface area (Å²) in [4.78, 5) is 4.42. The molecule has 0 aromatic rings. The van der Waals surface area contributed by atoms with Gasteiger partial charge in [-0.25, -0.2) is 0 Å². The van der Waals surface area contributed by atoms with Gasteiger partial charge in [-0.15, -0.1) is 0 Å². The van der Waals surface area contributed by atoms with Crippen molar-refractivity contribution in [3.05, 3.63) is 0 Å². The average molecular weight is 1880 g/mol. The van der Waals surface area contributed by atoms with Gasteiger partial charge in [0.25, 0.3) is 0 Å². The first kappa shape index (κ1) is 183. The molecule has 131 heavy (non-hydrogen) atoms. The highest BCUT2D eigenvalue weighted by molar-refractivity contribution is 4.68. The highest BCUT2D eigenvalue weighted by atomic mass is 15.1. The second-order valence-corrected chi connectivity index (χ2v) is 63.4. The molecular weight excluding hydrogens is 1580 g/mol. The van der Waals surface area contributed by atoms with Gasteiger partial charge in [-0.3, -0.25) is 0 Å². The predicted molar refractivity (Wildman–Crippen MR) is 646 cm³/mol. The van der Waals surface area contributed by atoms with E-state index in [4.69, 9.17) is 0 Å². The van der Waals surface area contributed by atoms with Gasteiger partial charge < -0.3 is 9.80 Å². The Bertz CT molecular complexity index is 1500. The zero-order valence-electron chi connectivity index (χ0n) is 113. The maximum absolute atomic E-state index is 2.27. The number of hydrogen-bond donors (Lipinski definition) is 0. The Hall–Kier alpha value is -0.0800. The lowest BCUT2D eigenvalue weighted by Gasteiger charge is -2.22. The molecule has 0 aliphatic carbocycles. The van der Waals surface area contributed by atoms with Gasteiger partial charge in [0.15, 0.2) is 0 Å². The van der Waals surface area contributed by atoms with Crippen LogP contribution in [0.3, 0.4) is 0 Å². The molecule has 0 saturated heterocycles. The van der Waals surface area contributed by atoms with Crippen molar-refractivity contribution in [2.24, 2.45) is 114 Å². The summed E-state index contributed by atoms with van der Waals surface area (Å²) in [6, 6.07) is 0. The van der Waals surface area contributed by atoms with Gasteiger partial charge in [0.2, 0.25) is 0 Å². The molecule has 2 nitrogen and oxygen atoms in total. The van der Waals surface area contributed by atoms with Gasteiger partial charge in [0.05, 0.1) is 0 Å². The van der Waals surface area contributed by atoms with Gasteiger partial charge >= 0.3 is 0 Å². The highest BCUT2D eigenvalue weighted by Gasteiger charge is 2.15. The van der Waals surface area contributed by atoms with E-state index in [1.165, 1.54) is 128 Å². The van der Waals surface area contributed by atoms with Crippen LogP contribution in [0.1, 0.15) is 696 Å². The first-order valence-electron chi connectivity index (χ1n) is 55.3. The van der Waals surface area contributed by atoms with Crippen LogP contribution in [0.25, 0.3) is 0 Å². The normalized spacial score (nSPS) is 12.1. The molecule has 0 N–H and O–H groups in total. The molecule has 0 spiro atoms. The third kappa shape index (κ3) is 461. The van der Waals surface area contributed by atoms with E-state index >= 15 is 0 Å². The van der Waals surface area contributed by atoms with Crippen LogP contribution in [0.4, 0.5) is 0 Å². The topological polar surface area (TPSA) is 6.48 Å². The fraction of sp³-hybridized carbons (Fsp3) is 1.00. The molecule has 0 unspecified atom stereocenters. The van der Waals surface area contributed by atoms with Crippen molar-refractivity contribution in [1.29, 1.82) is 0 Å². The summed E-state index contributed by atoms with van der Waals surface area (Å²) in [5.74, 6) is 0. The van der Waals surface area contributed by atoms with Crippen LogP contribution in [0.2, 0.25) is 0 Å². The smallest absolute Gasteiger partial charge is 0.00239 e. The van der Waals surface area contributed by atoms with Crippen molar-refractivity contribution in [2.45, 2.75) is 696 Å². The van der Waals surface area contributed by atoms with Crippen LogP contribution >= 0.6 is 0 Å². The highest BCUT2D eigenvalue weighted by Crippen LogP contribution is 2.26. The fourth-order valence-corrected chi connectivity index (χ4v) is 2.65. The van der Waals surface area contributed by atoms with Crippen LogP contribution < -0.4 is 0 Å². The SMILES string of the molecule is CCC(C)(C)C.CCC(C)(C)C.CCC(C)(C)C.CCC(C)(C)C.CCC(C)(C)C.CCC(C)(C)C.CCC(C)(C)C.CCC(C)(C)C.CCC(C)(C)C.CCC(C)(C)C.CCC(C)(C)C.CCC(C)(C)C.CCC(C)(C)C.CCC(C)(C)C.CCC(C)(C)C.CCC(C)(C)C.CCC(C)(C)C.CCC(C)(C)C.CCCC(C)(C)C.CN(C)CC(C)(C)C.CN(C)CC(C)(C)C. The number of rotatable bonds is 3. The summed E-state index contributed by atoms with van der Waals surface area (Å²) in [6.45, 7) is 186. The maximum Gasteiger partial charge on any atom is 0.00239 e. The van der Waals surface area contributed by atoms with E-state index in [1.807, 2.05) is 0 Å². The Morgan fingerprint density at radius 3 is 0.153 bits per heavy atom. The minimum Gasteiger partial charge on any atom is -0.309 e. The molecule has 0 amide bonds. The lowest BCUT2D eigenvalue weighted by Crippen LogP contribution is -2.25. The Labute approximate surface area is 855 Å². The fourth-order valence-electron chi connectivity index (χ4n) is 2.65. The van der Waals surface area contributed by atoms with E-state index in [-0.39, 0.29) is 0 Å². The van der Waals surface area contributed by atoms with Crippen molar-refractivity contribution >= 4 is 0 Å². The van der Waals surface area contributed by atoms with E-state index in [0.717, 1.165) is 13.1 Å². The summed E-state index contributed by atoms with van der Waals surface area (Å²) in [7, 11) is 8.41. The number of nitrogens with zero attached hydrogens (tertiary/aromatic N) is 2. The van der Waals surface area contributed by atoms with Crippen LogP contribution in [-0.2, 0) is 0 Å². The van der Waals surface area contributed by atoms with Gasteiger partial charge in [0, 0.05) is 13.1 Å².